The third-order valence-corrected chi connectivity index (χ3v) is 0.545. The molecule has 0 aromatic heterocycles. The van der Waals surface area contributed by atoms with Crippen LogP contribution in [0, 0.1) is 12.0 Å². The Kier molecular flexibility index (Phi) is 4.66. The third-order valence-electron chi connectivity index (χ3n) is 0.545. The van der Waals surface area contributed by atoms with Crippen LogP contribution >= 0.6 is 0 Å². The molecule has 2 nitrogen and oxygen atoms in total. The molecule has 0 fully saturated rings. The van der Waals surface area contributed by atoms with Gasteiger partial charge >= 0.3 is 0 Å². The molecule has 0 aliphatic heterocycles. The zero-order valence-electron chi connectivity index (χ0n) is 5.89. The molecule has 0 saturated heterocycles. The van der Waals surface area contributed by atoms with Crippen molar-refractivity contribution in [2.75, 3.05) is 7.11 Å². The predicted octanol–water partition coefficient (Wildman–Crippen LogP) is 1.49. The van der Waals surface area contributed by atoms with Gasteiger partial charge in [-0.1, -0.05) is 5.57 Å². The van der Waals surface area contributed by atoms with E-state index in [0.29, 0.717) is 0 Å². The Labute approximate surface area is 55.4 Å². The summed E-state index contributed by atoms with van der Waals surface area (Å²) in [5, 5.41) is 0. The molecule has 0 aromatic rings. The van der Waals surface area contributed by atoms with E-state index in [1.54, 1.807) is 6.08 Å². The summed E-state index contributed by atoms with van der Waals surface area (Å²) in [6, 6.07) is 0. The zero-order valence-corrected chi connectivity index (χ0v) is 5.89. The van der Waals surface area contributed by atoms with Gasteiger partial charge in [0.1, 0.15) is 0 Å². The van der Waals surface area contributed by atoms with Crippen molar-refractivity contribution < 1.29 is 9.78 Å². The van der Waals surface area contributed by atoms with Crippen LogP contribution in [0.25, 0.3) is 0 Å². The van der Waals surface area contributed by atoms with Crippen LogP contribution in [0.2, 0.25) is 0 Å². The molecule has 0 rings (SSSR count). The van der Waals surface area contributed by atoms with Crippen molar-refractivity contribution in [2.24, 2.45) is 0 Å². The third kappa shape index (κ3) is 7.06. The molecule has 0 bridgehead atoms. The van der Waals surface area contributed by atoms with Crippen molar-refractivity contribution in [1.29, 1.82) is 0 Å². The highest BCUT2D eigenvalue weighted by molar-refractivity contribution is 5.15. The number of rotatable bonds is 1. The number of hydrogen-bond donors (Lipinski definition) is 0. The van der Waals surface area contributed by atoms with Gasteiger partial charge in [-0.25, -0.2) is 0 Å². The summed E-state index contributed by atoms with van der Waals surface area (Å²) >= 11 is 0. The fraction of sp³-hybridized carbons (Fsp3) is 0.429. The van der Waals surface area contributed by atoms with Crippen LogP contribution in [0.4, 0.5) is 0 Å². The Morgan fingerprint density at radius 1 is 1.44 bits per heavy atom. The summed E-state index contributed by atoms with van der Waals surface area (Å²) < 4.78 is 0. The van der Waals surface area contributed by atoms with Crippen LogP contribution in [0.3, 0.4) is 0 Å². The van der Waals surface area contributed by atoms with Crippen LogP contribution in [-0.2, 0) is 9.78 Å². The monoisotopic (exact) mass is 126 g/mol. The van der Waals surface area contributed by atoms with E-state index in [0.717, 1.165) is 5.57 Å². The molecule has 0 heterocycles. The lowest BCUT2D eigenvalue weighted by atomic mass is 10.3. The minimum atomic E-state index is 1.14. The molecule has 0 atom stereocenters. The van der Waals surface area contributed by atoms with E-state index < -0.39 is 0 Å². The summed E-state index contributed by atoms with van der Waals surface area (Å²) in [7, 11) is 1.41. The van der Waals surface area contributed by atoms with Crippen LogP contribution in [0.5, 0.6) is 0 Å². The van der Waals surface area contributed by atoms with Gasteiger partial charge in [-0.05, 0) is 25.8 Å². The topological polar surface area (TPSA) is 18.5 Å². The second-order valence-electron chi connectivity index (χ2n) is 1.72. The highest BCUT2D eigenvalue weighted by Gasteiger charge is 1.68. The maximum atomic E-state index is 4.28. The van der Waals surface area contributed by atoms with Crippen molar-refractivity contribution in [1.82, 2.24) is 0 Å². The standard InChI is InChI=1S/C7H10O2/c1-7(2)5-4-6-9-8-3/h5H,1-3H3. The van der Waals surface area contributed by atoms with Crippen LogP contribution in [0.1, 0.15) is 13.8 Å². The first kappa shape index (κ1) is 8.06. The smallest absolute Gasteiger partial charge is 0.161 e. The van der Waals surface area contributed by atoms with Gasteiger partial charge in [0.25, 0.3) is 0 Å². The molecule has 2 heteroatoms. The minimum Gasteiger partial charge on any atom is -0.282 e. The molecule has 0 N–H and O–H groups in total. The maximum absolute atomic E-state index is 4.28. The lowest BCUT2D eigenvalue weighted by Gasteiger charge is -1.82. The quantitative estimate of drug-likeness (QED) is 0.301. The summed E-state index contributed by atoms with van der Waals surface area (Å²) in [6.07, 6.45) is 4.07. The van der Waals surface area contributed by atoms with Gasteiger partial charge in [0.2, 0.25) is 0 Å². The van der Waals surface area contributed by atoms with Crippen molar-refractivity contribution in [3.63, 3.8) is 0 Å². The van der Waals surface area contributed by atoms with Crippen molar-refractivity contribution in [2.45, 2.75) is 13.8 Å². The highest BCUT2D eigenvalue weighted by atomic mass is 17.2. The molecule has 0 saturated carbocycles. The Hall–Kier alpha value is -0.940. The first-order valence-electron chi connectivity index (χ1n) is 2.61. The van der Waals surface area contributed by atoms with E-state index in [-0.39, 0.29) is 0 Å². The summed E-state index contributed by atoms with van der Waals surface area (Å²) in [5.41, 5.74) is 1.14. The van der Waals surface area contributed by atoms with Gasteiger partial charge < -0.3 is 0 Å². The second-order valence-corrected chi connectivity index (χ2v) is 1.72. The Balaban J connectivity index is 3.49. The Morgan fingerprint density at radius 2 is 2.11 bits per heavy atom. The Morgan fingerprint density at radius 3 is 2.56 bits per heavy atom. The molecule has 0 aliphatic rings. The van der Waals surface area contributed by atoms with E-state index in [1.165, 1.54) is 7.11 Å². The van der Waals surface area contributed by atoms with E-state index in [1.807, 2.05) is 13.8 Å². The average Bonchev–Trinajstić information content (AvgIpc) is 1.80. The fourth-order valence-electron chi connectivity index (χ4n) is 0.240. The largest absolute Gasteiger partial charge is 0.282 e. The molecular formula is C7H10O2. The van der Waals surface area contributed by atoms with Gasteiger partial charge in [-0.15, -0.1) is 0 Å². The lowest BCUT2D eigenvalue weighted by molar-refractivity contribution is -0.209. The maximum Gasteiger partial charge on any atom is 0.161 e. The van der Waals surface area contributed by atoms with Gasteiger partial charge in [0.05, 0.1) is 7.11 Å². The summed E-state index contributed by atoms with van der Waals surface area (Å²) in [5.74, 6) is 2.63. The fourth-order valence-corrected chi connectivity index (χ4v) is 0.240. The van der Waals surface area contributed by atoms with E-state index in [4.69, 9.17) is 0 Å². The van der Waals surface area contributed by atoms with E-state index >= 15 is 0 Å². The molecule has 0 aliphatic carbocycles. The van der Waals surface area contributed by atoms with Crippen LogP contribution in [0.15, 0.2) is 11.6 Å². The van der Waals surface area contributed by atoms with E-state index in [9.17, 15) is 0 Å². The predicted molar refractivity (Wildman–Crippen MR) is 35.3 cm³/mol. The molecule has 0 unspecified atom stereocenters. The molecule has 0 amide bonds. The van der Waals surface area contributed by atoms with Gasteiger partial charge in [-0.2, -0.15) is 4.89 Å². The molecule has 0 radical (unpaired) electrons. The van der Waals surface area contributed by atoms with E-state index in [2.05, 4.69) is 21.8 Å². The molecule has 0 aromatic carbocycles. The van der Waals surface area contributed by atoms with Gasteiger partial charge in [0, 0.05) is 0 Å². The van der Waals surface area contributed by atoms with Crippen LogP contribution in [-0.4, -0.2) is 7.11 Å². The highest BCUT2D eigenvalue weighted by Crippen LogP contribution is 1.84. The Bertz CT molecular complexity index is 144. The lowest BCUT2D eigenvalue weighted by Crippen LogP contribution is -1.75. The van der Waals surface area contributed by atoms with Crippen molar-refractivity contribution in [3.05, 3.63) is 11.6 Å². The zero-order chi connectivity index (χ0) is 7.11. The molecular weight excluding hydrogens is 116 g/mol. The first-order chi connectivity index (χ1) is 4.27. The number of hydrogen-bond acceptors (Lipinski definition) is 2. The summed E-state index contributed by atoms with van der Waals surface area (Å²) in [6.45, 7) is 3.92. The molecule has 9 heavy (non-hydrogen) atoms. The molecule has 50 valence electrons. The van der Waals surface area contributed by atoms with Crippen molar-refractivity contribution >= 4 is 0 Å². The van der Waals surface area contributed by atoms with Gasteiger partial charge in [-0.3, -0.25) is 4.89 Å². The molecule has 0 spiro atoms. The first-order valence-corrected chi connectivity index (χ1v) is 2.61. The van der Waals surface area contributed by atoms with Gasteiger partial charge in [0.15, 0.2) is 6.11 Å². The summed E-state index contributed by atoms with van der Waals surface area (Å²) in [4.78, 5) is 8.50. The normalized spacial score (nSPS) is 7.00. The number of allylic oxidation sites excluding steroid dienone is 2. The SMILES string of the molecule is COOC#CC=C(C)C. The average molecular weight is 126 g/mol. The minimum absolute atomic E-state index is 1.14. The van der Waals surface area contributed by atoms with Crippen molar-refractivity contribution in [3.8, 4) is 12.0 Å². The second kappa shape index (κ2) is 5.20. The van der Waals surface area contributed by atoms with Crippen LogP contribution < -0.4 is 0 Å².